The van der Waals surface area contributed by atoms with E-state index in [4.69, 9.17) is 16.1 Å². The van der Waals surface area contributed by atoms with Gasteiger partial charge in [-0.1, -0.05) is 28.9 Å². The molecule has 8 heteroatoms. The highest BCUT2D eigenvalue weighted by atomic mass is 35.5. The number of rotatable bonds is 4. The number of hydrogen-bond acceptors (Lipinski definition) is 6. The van der Waals surface area contributed by atoms with Crippen molar-refractivity contribution in [2.45, 2.75) is 6.54 Å². The monoisotopic (exact) mass is 365 g/mol. The Morgan fingerprint density at radius 1 is 1.00 bits per heavy atom. The summed E-state index contributed by atoms with van der Waals surface area (Å²) in [6.45, 7) is 0.315. The number of hydrogen-bond donors (Lipinski definition) is 0. The molecular formula is C18H12ClN5O2. The molecule has 0 saturated carbocycles. The van der Waals surface area contributed by atoms with Gasteiger partial charge in [0.05, 0.1) is 6.54 Å². The van der Waals surface area contributed by atoms with Crippen LogP contribution in [0.15, 0.2) is 70.2 Å². The summed E-state index contributed by atoms with van der Waals surface area (Å²) in [7, 11) is 0. The van der Waals surface area contributed by atoms with Gasteiger partial charge < -0.3 is 4.52 Å². The number of pyridine rings is 1. The molecular weight excluding hydrogens is 354 g/mol. The molecule has 0 N–H and O–H groups in total. The molecule has 4 rings (SSSR count). The van der Waals surface area contributed by atoms with Crippen LogP contribution in [0.25, 0.3) is 23.0 Å². The van der Waals surface area contributed by atoms with Crippen molar-refractivity contribution in [2.75, 3.05) is 0 Å². The Labute approximate surface area is 152 Å². The van der Waals surface area contributed by atoms with Crippen molar-refractivity contribution in [3.63, 3.8) is 0 Å². The van der Waals surface area contributed by atoms with Gasteiger partial charge in [0, 0.05) is 29.0 Å². The average Bonchev–Trinajstić information content (AvgIpc) is 3.16. The number of halogens is 1. The third-order valence-corrected chi connectivity index (χ3v) is 3.95. The Hall–Kier alpha value is -3.32. The van der Waals surface area contributed by atoms with Crippen LogP contribution in [0.1, 0.15) is 5.56 Å². The first-order valence-corrected chi connectivity index (χ1v) is 8.14. The third-order valence-electron chi connectivity index (χ3n) is 3.70. The molecule has 128 valence electrons. The largest absolute Gasteiger partial charge is 0.332 e. The minimum Gasteiger partial charge on any atom is -0.332 e. The van der Waals surface area contributed by atoms with Gasteiger partial charge in [-0.2, -0.15) is 10.1 Å². The van der Waals surface area contributed by atoms with Crippen molar-refractivity contribution in [3.8, 4) is 23.0 Å². The smallest absolute Gasteiger partial charge is 0.278 e. The zero-order valence-corrected chi connectivity index (χ0v) is 14.2. The summed E-state index contributed by atoms with van der Waals surface area (Å²) in [4.78, 5) is 20.4. The summed E-state index contributed by atoms with van der Waals surface area (Å²) in [5, 5.41) is 8.92. The maximum absolute atomic E-state index is 12.1. The second kappa shape index (κ2) is 6.89. The molecule has 0 spiro atoms. The van der Waals surface area contributed by atoms with Crippen LogP contribution in [0.3, 0.4) is 0 Å². The summed E-state index contributed by atoms with van der Waals surface area (Å²) in [5.74, 6) is 0.668. The van der Waals surface area contributed by atoms with E-state index in [1.165, 1.54) is 10.7 Å². The number of aromatic nitrogens is 5. The first-order valence-electron chi connectivity index (χ1n) is 7.76. The molecule has 0 aliphatic rings. The van der Waals surface area contributed by atoms with Crippen LogP contribution in [-0.4, -0.2) is 24.9 Å². The molecule has 4 aromatic rings. The lowest BCUT2D eigenvalue weighted by Crippen LogP contribution is -2.22. The molecule has 0 saturated heterocycles. The Bertz CT molecular complexity index is 1090. The lowest BCUT2D eigenvalue weighted by molar-refractivity contribution is 0.429. The van der Waals surface area contributed by atoms with Crippen LogP contribution in [0.2, 0.25) is 5.02 Å². The van der Waals surface area contributed by atoms with E-state index in [1.54, 1.807) is 42.7 Å². The lowest BCUT2D eigenvalue weighted by atomic mass is 10.2. The maximum atomic E-state index is 12.1. The van der Waals surface area contributed by atoms with E-state index >= 15 is 0 Å². The molecule has 0 bridgehead atoms. The molecule has 0 radical (unpaired) electrons. The second-order valence-corrected chi connectivity index (χ2v) is 5.94. The van der Waals surface area contributed by atoms with E-state index in [0.717, 1.165) is 11.1 Å². The predicted octanol–water partition coefficient (Wildman–Crippen LogP) is 3.06. The fraction of sp³-hybridized carbons (Fsp3) is 0.0556. The van der Waals surface area contributed by atoms with Crippen molar-refractivity contribution in [2.24, 2.45) is 0 Å². The Morgan fingerprint density at radius 3 is 2.54 bits per heavy atom. The van der Waals surface area contributed by atoms with Crippen LogP contribution in [-0.2, 0) is 6.54 Å². The van der Waals surface area contributed by atoms with Crippen molar-refractivity contribution >= 4 is 11.6 Å². The van der Waals surface area contributed by atoms with Gasteiger partial charge in [0.1, 0.15) is 5.69 Å². The normalized spacial score (nSPS) is 10.8. The molecule has 0 aliphatic carbocycles. The highest BCUT2D eigenvalue weighted by Gasteiger charge is 2.13. The molecule has 1 aromatic carbocycles. The summed E-state index contributed by atoms with van der Waals surface area (Å²) >= 11 is 5.89. The Morgan fingerprint density at radius 2 is 1.77 bits per heavy atom. The van der Waals surface area contributed by atoms with E-state index < -0.39 is 0 Å². The van der Waals surface area contributed by atoms with E-state index in [0.29, 0.717) is 23.1 Å². The van der Waals surface area contributed by atoms with Crippen molar-refractivity contribution in [3.05, 3.63) is 81.9 Å². The van der Waals surface area contributed by atoms with Crippen LogP contribution in [0, 0.1) is 0 Å². The molecule has 0 fully saturated rings. The zero-order chi connectivity index (χ0) is 17.9. The Kier molecular flexibility index (Phi) is 4.28. The van der Waals surface area contributed by atoms with Crippen LogP contribution >= 0.6 is 11.6 Å². The average molecular weight is 366 g/mol. The maximum Gasteiger partial charge on any atom is 0.278 e. The fourth-order valence-electron chi connectivity index (χ4n) is 2.38. The van der Waals surface area contributed by atoms with E-state index in [2.05, 4.69) is 20.2 Å². The van der Waals surface area contributed by atoms with Gasteiger partial charge in [-0.05, 0) is 35.9 Å². The van der Waals surface area contributed by atoms with Gasteiger partial charge in [-0.3, -0.25) is 9.78 Å². The highest BCUT2D eigenvalue weighted by molar-refractivity contribution is 6.30. The van der Waals surface area contributed by atoms with Crippen LogP contribution in [0.4, 0.5) is 0 Å². The van der Waals surface area contributed by atoms with E-state index in [9.17, 15) is 4.79 Å². The molecule has 0 aliphatic heterocycles. The predicted molar refractivity (Wildman–Crippen MR) is 95.6 cm³/mol. The number of nitrogens with zero attached hydrogens (tertiary/aromatic N) is 5. The first kappa shape index (κ1) is 16.2. The molecule has 0 atom stereocenters. The molecule has 26 heavy (non-hydrogen) atoms. The quantitative estimate of drug-likeness (QED) is 0.552. The van der Waals surface area contributed by atoms with Crippen LogP contribution < -0.4 is 5.56 Å². The third kappa shape index (κ3) is 3.38. The fourth-order valence-corrected chi connectivity index (χ4v) is 2.51. The van der Waals surface area contributed by atoms with Gasteiger partial charge in [-0.25, -0.2) is 4.68 Å². The van der Waals surface area contributed by atoms with Gasteiger partial charge in [0.2, 0.25) is 5.82 Å². The minimum atomic E-state index is -0.224. The standard InChI is InChI=1S/C18H12ClN5O2/c19-14-3-1-12(2-4-14)11-24-16(25)6-5-15(22-24)18-21-17(23-26-18)13-7-9-20-10-8-13/h1-10H,11H2. The highest BCUT2D eigenvalue weighted by Crippen LogP contribution is 2.19. The van der Waals surface area contributed by atoms with Crippen molar-refractivity contribution in [1.82, 2.24) is 24.9 Å². The van der Waals surface area contributed by atoms with Gasteiger partial charge in [0.25, 0.3) is 11.4 Å². The summed E-state index contributed by atoms with van der Waals surface area (Å²) in [6, 6.07) is 13.8. The zero-order valence-electron chi connectivity index (χ0n) is 13.4. The van der Waals surface area contributed by atoms with Crippen molar-refractivity contribution in [1.29, 1.82) is 0 Å². The summed E-state index contributed by atoms with van der Waals surface area (Å²) in [5.41, 5.74) is 1.89. The SMILES string of the molecule is O=c1ccc(-c2nc(-c3ccncc3)no2)nn1Cc1ccc(Cl)cc1. The minimum absolute atomic E-state index is 0.224. The lowest BCUT2D eigenvalue weighted by Gasteiger charge is -2.05. The van der Waals surface area contributed by atoms with Gasteiger partial charge in [0.15, 0.2) is 0 Å². The topological polar surface area (TPSA) is 86.7 Å². The Balaban J connectivity index is 1.65. The van der Waals surface area contributed by atoms with Crippen LogP contribution in [0.5, 0.6) is 0 Å². The molecule has 0 amide bonds. The van der Waals surface area contributed by atoms with Gasteiger partial charge >= 0.3 is 0 Å². The number of benzene rings is 1. The molecule has 3 aromatic heterocycles. The van der Waals surface area contributed by atoms with Gasteiger partial charge in [-0.15, -0.1) is 0 Å². The summed E-state index contributed by atoms with van der Waals surface area (Å²) < 4.78 is 6.63. The molecule has 0 unspecified atom stereocenters. The van der Waals surface area contributed by atoms with E-state index in [-0.39, 0.29) is 11.4 Å². The molecule has 3 heterocycles. The van der Waals surface area contributed by atoms with Crippen molar-refractivity contribution < 1.29 is 4.52 Å². The second-order valence-electron chi connectivity index (χ2n) is 5.50. The first-order chi connectivity index (χ1) is 12.7. The molecule has 7 nitrogen and oxygen atoms in total. The summed E-state index contributed by atoms with van der Waals surface area (Å²) in [6.07, 6.45) is 3.30. The van der Waals surface area contributed by atoms with E-state index in [1.807, 2.05) is 12.1 Å².